The molecule has 0 aliphatic carbocycles. The first-order chi connectivity index (χ1) is 12.6. The molecule has 2 rings (SSSR count). The Labute approximate surface area is 164 Å². The molecule has 27 heavy (non-hydrogen) atoms. The molecule has 0 radical (unpaired) electrons. The molecule has 0 spiro atoms. The fourth-order valence-corrected chi connectivity index (χ4v) is 7.14. The van der Waals surface area contributed by atoms with Gasteiger partial charge in [-0.1, -0.05) is 13.8 Å². The Bertz CT molecular complexity index is 661. The van der Waals surface area contributed by atoms with Crippen molar-refractivity contribution in [3.63, 3.8) is 0 Å². The van der Waals surface area contributed by atoms with Crippen LogP contribution in [0.3, 0.4) is 0 Å². The molecule has 2 heterocycles. The van der Waals surface area contributed by atoms with Gasteiger partial charge in [0.1, 0.15) is 0 Å². The van der Waals surface area contributed by atoms with Crippen molar-refractivity contribution in [3.05, 3.63) is 0 Å². The maximum absolute atomic E-state index is 12.9. The topological polar surface area (TPSA) is 90.5 Å². The van der Waals surface area contributed by atoms with E-state index in [-0.39, 0.29) is 38.4 Å². The molecule has 0 aromatic rings. The van der Waals surface area contributed by atoms with Crippen molar-refractivity contribution in [2.24, 2.45) is 0 Å². The molecule has 2 aliphatic rings. The molecule has 0 amide bonds. The Hall–Kier alpha value is -0.300. The lowest BCUT2D eigenvalue weighted by Crippen LogP contribution is -2.59. The number of morpholine rings is 1. The third-order valence-corrected chi connectivity index (χ3v) is 8.84. The van der Waals surface area contributed by atoms with E-state index in [9.17, 15) is 16.8 Å². The maximum atomic E-state index is 12.9. The lowest BCUT2D eigenvalue weighted by atomic mass is 10.3. The van der Waals surface area contributed by atoms with Gasteiger partial charge in [0.05, 0.1) is 12.2 Å². The summed E-state index contributed by atoms with van der Waals surface area (Å²) < 4.78 is 63.0. The van der Waals surface area contributed by atoms with Crippen LogP contribution < -0.4 is 0 Å². The monoisotopic (exact) mass is 426 g/mol. The molecular formula is C16H34N4O5S2. The molecule has 0 aromatic carbocycles. The summed E-state index contributed by atoms with van der Waals surface area (Å²) in [7, 11) is -7.16. The maximum Gasteiger partial charge on any atom is 0.282 e. The quantitative estimate of drug-likeness (QED) is 0.558. The highest BCUT2D eigenvalue weighted by Crippen LogP contribution is 2.20. The van der Waals surface area contributed by atoms with Crippen molar-refractivity contribution < 1.29 is 21.6 Å². The van der Waals surface area contributed by atoms with E-state index < -0.39 is 20.4 Å². The zero-order chi connectivity index (χ0) is 20.2. The number of rotatable bonds is 8. The van der Waals surface area contributed by atoms with Gasteiger partial charge in [0.15, 0.2) is 0 Å². The summed E-state index contributed by atoms with van der Waals surface area (Å²) in [5, 5.41) is 0. The third kappa shape index (κ3) is 5.40. The minimum Gasteiger partial charge on any atom is -0.373 e. The van der Waals surface area contributed by atoms with Crippen LogP contribution in [-0.2, 0) is 25.2 Å². The standard InChI is InChI=1S/C16H34N4O5S2/c1-5-7-17(8-6-2)26(21,22)18-9-11-19(12-10-18)27(23,24)20-13-15(3)25-16(4)14-20/h15-16H,5-14H2,1-4H3. The van der Waals surface area contributed by atoms with Gasteiger partial charge >= 0.3 is 0 Å². The molecule has 0 N–H and O–H groups in total. The highest BCUT2D eigenvalue weighted by molar-refractivity contribution is 7.87. The zero-order valence-corrected chi connectivity index (χ0v) is 18.5. The molecule has 2 aliphatic heterocycles. The van der Waals surface area contributed by atoms with E-state index in [0.717, 1.165) is 12.8 Å². The summed E-state index contributed by atoms with van der Waals surface area (Å²) in [6.45, 7) is 9.95. The van der Waals surface area contributed by atoms with Crippen LogP contribution in [0.1, 0.15) is 40.5 Å². The van der Waals surface area contributed by atoms with Gasteiger partial charge in [0.25, 0.3) is 20.4 Å². The Morgan fingerprint density at radius 2 is 1.26 bits per heavy atom. The summed E-state index contributed by atoms with van der Waals surface area (Å²) in [6.07, 6.45) is 1.20. The predicted octanol–water partition coefficient (Wildman–Crippen LogP) is 0.325. The molecule has 160 valence electrons. The SMILES string of the molecule is CCCN(CCC)S(=O)(=O)N1CCN(S(=O)(=O)N2CC(C)OC(C)C2)CC1. The Morgan fingerprint density at radius 1 is 0.815 bits per heavy atom. The van der Waals surface area contributed by atoms with Gasteiger partial charge in [-0.15, -0.1) is 0 Å². The minimum absolute atomic E-state index is 0.151. The lowest BCUT2D eigenvalue weighted by molar-refractivity contribution is -0.0456. The summed E-state index contributed by atoms with van der Waals surface area (Å²) in [5.41, 5.74) is 0. The zero-order valence-electron chi connectivity index (χ0n) is 16.9. The van der Waals surface area contributed by atoms with E-state index >= 15 is 0 Å². The van der Waals surface area contributed by atoms with Gasteiger partial charge in [-0.25, -0.2) is 0 Å². The summed E-state index contributed by atoms with van der Waals surface area (Å²) in [4.78, 5) is 0. The number of nitrogens with zero attached hydrogens (tertiary/aromatic N) is 4. The summed E-state index contributed by atoms with van der Waals surface area (Å²) >= 11 is 0. The molecule has 0 saturated carbocycles. The highest BCUT2D eigenvalue weighted by atomic mass is 32.2. The van der Waals surface area contributed by atoms with Crippen molar-refractivity contribution in [3.8, 4) is 0 Å². The summed E-state index contributed by atoms with van der Waals surface area (Å²) in [5.74, 6) is 0. The average Bonchev–Trinajstić information content (AvgIpc) is 2.61. The van der Waals surface area contributed by atoms with Crippen LogP contribution in [0.2, 0.25) is 0 Å². The van der Waals surface area contributed by atoms with E-state index in [4.69, 9.17) is 4.74 Å². The predicted molar refractivity (Wildman–Crippen MR) is 105 cm³/mol. The van der Waals surface area contributed by atoms with Gasteiger partial charge in [-0.05, 0) is 26.7 Å². The first-order valence-corrected chi connectivity index (χ1v) is 12.6. The van der Waals surface area contributed by atoms with E-state index in [1.165, 1.54) is 17.2 Å². The Balaban J connectivity index is 2.03. The average molecular weight is 427 g/mol. The molecule has 9 nitrogen and oxygen atoms in total. The van der Waals surface area contributed by atoms with Crippen LogP contribution in [0.25, 0.3) is 0 Å². The van der Waals surface area contributed by atoms with Crippen molar-refractivity contribution in [1.82, 2.24) is 17.2 Å². The molecular weight excluding hydrogens is 392 g/mol. The number of piperazine rings is 1. The second-order valence-electron chi connectivity index (χ2n) is 7.29. The van der Waals surface area contributed by atoms with Crippen LogP contribution in [-0.4, -0.2) is 98.6 Å². The Kier molecular flexibility index (Phi) is 8.06. The van der Waals surface area contributed by atoms with E-state index in [2.05, 4.69) is 0 Å². The second-order valence-corrected chi connectivity index (χ2v) is 11.1. The van der Waals surface area contributed by atoms with Crippen LogP contribution in [0.15, 0.2) is 0 Å². The Morgan fingerprint density at radius 3 is 1.70 bits per heavy atom. The first kappa shape index (κ1) is 23.0. The fourth-order valence-electron chi connectivity index (χ4n) is 3.62. The molecule has 0 aromatic heterocycles. The fraction of sp³-hybridized carbons (Fsp3) is 1.00. The van der Waals surface area contributed by atoms with Crippen molar-refractivity contribution in [1.29, 1.82) is 0 Å². The molecule has 2 fully saturated rings. The van der Waals surface area contributed by atoms with Crippen LogP contribution >= 0.6 is 0 Å². The smallest absolute Gasteiger partial charge is 0.282 e. The van der Waals surface area contributed by atoms with Gasteiger partial charge in [-0.2, -0.15) is 34.1 Å². The molecule has 11 heteroatoms. The lowest BCUT2D eigenvalue weighted by Gasteiger charge is -2.40. The molecule has 2 atom stereocenters. The number of hydrogen-bond acceptors (Lipinski definition) is 5. The first-order valence-electron chi connectivity index (χ1n) is 9.78. The van der Waals surface area contributed by atoms with Crippen LogP contribution in [0, 0.1) is 0 Å². The van der Waals surface area contributed by atoms with Crippen molar-refractivity contribution in [2.75, 3.05) is 52.4 Å². The van der Waals surface area contributed by atoms with E-state index in [1.807, 2.05) is 27.7 Å². The highest BCUT2D eigenvalue weighted by Gasteiger charge is 2.39. The van der Waals surface area contributed by atoms with E-state index in [1.54, 1.807) is 0 Å². The molecule has 2 saturated heterocycles. The normalized spacial score (nSPS) is 27.3. The van der Waals surface area contributed by atoms with Gasteiger partial charge in [0, 0.05) is 52.4 Å². The third-order valence-electron chi connectivity index (χ3n) is 4.83. The van der Waals surface area contributed by atoms with Gasteiger partial charge < -0.3 is 4.74 Å². The number of hydrogen-bond donors (Lipinski definition) is 0. The number of ether oxygens (including phenoxy) is 1. The van der Waals surface area contributed by atoms with Gasteiger partial charge in [-0.3, -0.25) is 0 Å². The van der Waals surface area contributed by atoms with Gasteiger partial charge in [0.2, 0.25) is 0 Å². The largest absolute Gasteiger partial charge is 0.373 e. The van der Waals surface area contributed by atoms with Crippen LogP contribution in [0.5, 0.6) is 0 Å². The second kappa shape index (κ2) is 9.47. The van der Waals surface area contributed by atoms with Crippen molar-refractivity contribution in [2.45, 2.75) is 52.7 Å². The van der Waals surface area contributed by atoms with Crippen molar-refractivity contribution >= 4 is 20.4 Å². The summed E-state index contributed by atoms with van der Waals surface area (Å²) in [6, 6.07) is 0. The molecule has 2 unspecified atom stereocenters. The van der Waals surface area contributed by atoms with Crippen LogP contribution in [0.4, 0.5) is 0 Å². The minimum atomic E-state index is -3.61. The van der Waals surface area contributed by atoms with E-state index in [0.29, 0.717) is 26.2 Å². The molecule has 0 bridgehead atoms.